The maximum atomic E-state index is 13.2. The van der Waals surface area contributed by atoms with Crippen LogP contribution in [0, 0.1) is 5.82 Å². The summed E-state index contributed by atoms with van der Waals surface area (Å²) in [6.45, 7) is 6.56. The molecule has 0 bridgehead atoms. The van der Waals surface area contributed by atoms with Gasteiger partial charge in [-0.25, -0.2) is 4.39 Å². The zero-order chi connectivity index (χ0) is 13.8. The Morgan fingerprint density at radius 1 is 1.44 bits per heavy atom. The summed E-state index contributed by atoms with van der Waals surface area (Å²) < 4.78 is 18.9. The molecule has 0 aliphatic carbocycles. The highest BCUT2D eigenvalue weighted by atomic mass is 35.5. The summed E-state index contributed by atoms with van der Waals surface area (Å²) in [5, 5.41) is 0.543. The van der Waals surface area contributed by atoms with Crippen molar-refractivity contribution in [1.82, 2.24) is 0 Å². The van der Waals surface area contributed by atoms with Crippen LogP contribution in [0.4, 0.5) is 4.39 Å². The smallest absolute Gasteiger partial charge is 0.123 e. The molecule has 0 aliphatic rings. The maximum absolute atomic E-state index is 13.2. The number of halogens is 2. The fourth-order valence-electron chi connectivity index (χ4n) is 1.95. The number of benzene rings is 1. The summed E-state index contributed by atoms with van der Waals surface area (Å²) in [6.07, 6.45) is 1.30. The molecule has 0 saturated carbocycles. The van der Waals surface area contributed by atoms with E-state index >= 15 is 0 Å². The van der Waals surface area contributed by atoms with Crippen LogP contribution < -0.4 is 5.73 Å². The molecule has 0 aliphatic heterocycles. The van der Waals surface area contributed by atoms with Crippen LogP contribution >= 0.6 is 11.6 Å². The zero-order valence-electron chi connectivity index (χ0n) is 11.2. The normalized spacial score (nSPS) is 16.3. The minimum atomic E-state index is -0.412. The lowest BCUT2D eigenvalue weighted by atomic mass is 9.89. The molecule has 0 spiro atoms. The summed E-state index contributed by atoms with van der Waals surface area (Å²) in [6, 6.07) is 4.12. The van der Waals surface area contributed by atoms with Gasteiger partial charge in [0.25, 0.3) is 0 Å². The lowest BCUT2D eigenvalue weighted by molar-refractivity contribution is -0.0461. The van der Waals surface area contributed by atoms with Gasteiger partial charge >= 0.3 is 0 Å². The SMILES string of the molecule is CCOC(C)(CC)C(N)Cc1cc(F)ccc1Cl. The Hall–Kier alpha value is -0.640. The monoisotopic (exact) mass is 273 g/mol. The van der Waals surface area contributed by atoms with Crippen molar-refractivity contribution in [2.45, 2.75) is 45.3 Å². The first-order chi connectivity index (χ1) is 8.42. The van der Waals surface area contributed by atoms with Crippen LogP contribution in [-0.4, -0.2) is 18.2 Å². The van der Waals surface area contributed by atoms with E-state index < -0.39 is 5.60 Å². The van der Waals surface area contributed by atoms with Crippen molar-refractivity contribution in [2.24, 2.45) is 5.73 Å². The molecule has 0 fully saturated rings. The third-order valence-corrected chi connectivity index (χ3v) is 3.78. The fraction of sp³-hybridized carbons (Fsp3) is 0.571. The largest absolute Gasteiger partial charge is 0.374 e. The van der Waals surface area contributed by atoms with E-state index in [1.54, 1.807) is 6.07 Å². The van der Waals surface area contributed by atoms with Crippen LogP contribution in [-0.2, 0) is 11.2 Å². The molecule has 4 heteroatoms. The molecule has 0 radical (unpaired) electrons. The average Bonchev–Trinajstić information content (AvgIpc) is 2.34. The topological polar surface area (TPSA) is 35.2 Å². The van der Waals surface area contributed by atoms with Crippen molar-refractivity contribution in [3.8, 4) is 0 Å². The minimum Gasteiger partial charge on any atom is -0.374 e. The predicted molar refractivity (Wildman–Crippen MR) is 73.4 cm³/mol. The van der Waals surface area contributed by atoms with E-state index in [0.29, 0.717) is 18.1 Å². The predicted octanol–water partition coefficient (Wildman–Crippen LogP) is 3.55. The van der Waals surface area contributed by atoms with E-state index in [0.717, 1.165) is 12.0 Å². The van der Waals surface area contributed by atoms with Gasteiger partial charge in [0.2, 0.25) is 0 Å². The average molecular weight is 274 g/mol. The zero-order valence-corrected chi connectivity index (χ0v) is 11.9. The van der Waals surface area contributed by atoms with Crippen LogP contribution in [0.2, 0.25) is 5.02 Å². The Labute approximate surface area is 113 Å². The van der Waals surface area contributed by atoms with Gasteiger partial charge in [0.1, 0.15) is 5.82 Å². The van der Waals surface area contributed by atoms with Gasteiger partial charge in [-0.2, -0.15) is 0 Å². The van der Waals surface area contributed by atoms with Crippen molar-refractivity contribution < 1.29 is 9.13 Å². The molecule has 1 rings (SSSR count). The molecular weight excluding hydrogens is 253 g/mol. The van der Waals surface area contributed by atoms with Crippen LogP contribution in [0.5, 0.6) is 0 Å². The second-order valence-electron chi connectivity index (χ2n) is 4.65. The molecule has 1 aromatic rings. The van der Waals surface area contributed by atoms with Gasteiger partial charge in [0, 0.05) is 17.7 Å². The van der Waals surface area contributed by atoms with Crippen LogP contribution in [0.3, 0.4) is 0 Å². The summed E-state index contributed by atoms with van der Waals surface area (Å²) >= 11 is 6.05. The first-order valence-electron chi connectivity index (χ1n) is 6.26. The quantitative estimate of drug-likeness (QED) is 0.860. The molecule has 0 heterocycles. The van der Waals surface area contributed by atoms with E-state index in [9.17, 15) is 4.39 Å². The number of hydrogen-bond donors (Lipinski definition) is 1. The number of ether oxygens (including phenoxy) is 1. The summed E-state index contributed by atoms with van der Waals surface area (Å²) in [7, 11) is 0. The molecule has 18 heavy (non-hydrogen) atoms. The third-order valence-electron chi connectivity index (χ3n) is 3.41. The number of nitrogens with two attached hydrogens (primary N) is 1. The standard InChI is InChI=1S/C14H21ClFNO/c1-4-14(3,18-5-2)13(17)9-10-8-11(16)6-7-12(10)15/h6-8,13H,4-5,9,17H2,1-3H3. The highest BCUT2D eigenvalue weighted by Gasteiger charge is 2.30. The van der Waals surface area contributed by atoms with Gasteiger partial charge < -0.3 is 10.5 Å². The molecule has 2 unspecified atom stereocenters. The first-order valence-corrected chi connectivity index (χ1v) is 6.64. The lowest BCUT2D eigenvalue weighted by Crippen LogP contribution is -2.48. The molecule has 0 aromatic heterocycles. The molecule has 1 aromatic carbocycles. The second-order valence-corrected chi connectivity index (χ2v) is 5.05. The summed E-state index contributed by atoms with van der Waals surface area (Å²) in [4.78, 5) is 0. The van der Waals surface area contributed by atoms with Crippen molar-refractivity contribution in [3.63, 3.8) is 0 Å². The van der Waals surface area contributed by atoms with Gasteiger partial charge in [-0.15, -0.1) is 0 Å². The van der Waals surface area contributed by atoms with Gasteiger partial charge in [-0.05, 0) is 50.5 Å². The van der Waals surface area contributed by atoms with E-state index in [1.165, 1.54) is 12.1 Å². The second kappa shape index (κ2) is 6.50. The van der Waals surface area contributed by atoms with E-state index in [4.69, 9.17) is 22.1 Å². The van der Waals surface area contributed by atoms with Crippen LogP contribution in [0.25, 0.3) is 0 Å². The van der Waals surface area contributed by atoms with Gasteiger partial charge in [0.05, 0.1) is 5.60 Å². The van der Waals surface area contributed by atoms with Gasteiger partial charge in [-0.3, -0.25) is 0 Å². The Kier molecular flexibility index (Phi) is 5.57. The number of rotatable bonds is 6. The van der Waals surface area contributed by atoms with Crippen molar-refractivity contribution in [2.75, 3.05) is 6.61 Å². The summed E-state index contributed by atoms with van der Waals surface area (Å²) in [5.41, 5.74) is 6.51. The minimum absolute atomic E-state index is 0.221. The number of hydrogen-bond acceptors (Lipinski definition) is 2. The molecule has 2 nitrogen and oxygen atoms in total. The highest BCUT2D eigenvalue weighted by Crippen LogP contribution is 2.25. The van der Waals surface area contributed by atoms with Crippen molar-refractivity contribution in [3.05, 3.63) is 34.6 Å². The first kappa shape index (κ1) is 15.4. The maximum Gasteiger partial charge on any atom is 0.123 e. The molecule has 102 valence electrons. The Morgan fingerprint density at radius 2 is 2.11 bits per heavy atom. The highest BCUT2D eigenvalue weighted by molar-refractivity contribution is 6.31. The lowest BCUT2D eigenvalue weighted by Gasteiger charge is -2.34. The van der Waals surface area contributed by atoms with E-state index in [-0.39, 0.29) is 11.9 Å². The molecule has 0 saturated heterocycles. The van der Waals surface area contributed by atoms with Crippen LogP contribution in [0.1, 0.15) is 32.8 Å². The molecule has 2 atom stereocenters. The fourth-order valence-corrected chi connectivity index (χ4v) is 2.15. The van der Waals surface area contributed by atoms with Crippen molar-refractivity contribution >= 4 is 11.6 Å². The molecule has 0 amide bonds. The van der Waals surface area contributed by atoms with Crippen molar-refractivity contribution in [1.29, 1.82) is 0 Å². The van der Waals surface area contributed by atoms with Gasteiger partial charge in [0.15, 0.2) is 0 Å². The van der Waals surface area contributed by atoms with Gasteiger partial charge in [-0.1, -0.05) is 18.5 Å². The third kappa shape index (κ3) is 3.67. The summed E-state index contributed by atoms with van der Waals surface area (Å²) in [5.74, 6) is -0.295. The Bertz CT molecular complexity index is 399. The molecule has 2 N–H and O–H groups in total. The molecular formula is C14H21ClFNO. The Balaban J connectivity index is 2.85. The Morgan fingerprint density at radius 3 is 2.67 bits per heavy atom. The van der Waals surface area contributed by atoms with E-state index in [1.807, 2.05) is 20.8 Å². The van der Waals surface area contributed by atoms with Crippen LogP contribution in [0.15, 0.2) is 18.2 Å². The van der Waals surface area contributed by atoms with E-state index in [2.05, 4.69) is 0 Å².